The van der Waals surface area contributed by atoms with Gasteiger partial charge in [0.05, 0.1) is 0 Å². The summed E-state index contributed by atoms with van der Waals surface area (Å²) in [5, 5.41) is 8.57. The Balaban J connectivity index is 2.08. The highest BCUT2D eigenvalue weighted by atomic mass is 16.4. The van der Waals surface area contributed by atoms with Gasteiger partial charge in [0, 0.05) is 6.42 Å². The number of carboxylic acids is 1. The molecular weight excluding hydrogens is 248 g/mol. The Kier molecular flexibility index (Phi) is 9.10. The highest BCUT2D eigenvalue weighted by Crippen LogP contribution is 2.29. The van der Waals surface area contributed by atoms with Crippen molar-refractivity contribution in [3.63, 3.8) is 0 Å². The van der Waals surface area contributed by atoms with Crippen LogP contribution in [0.25, 0.3) is 0 Å². The fourth-order valence-corrected chi connectivity index (χ4v) is 2.95. The summed E-state index contributed by atoms with van der Waals surface area (Å²) in [6.07, 6.45) is 20.3. The summed E-state index contributed by atoms with van der Waals surface area (Å²) in [7, 11) is 0. The Labute approximate surface area is 124 Å². The standard InChI is InChI=1S/C18H30O2/c1-2-3-11-16-13-9-10-14-17(16)12-7-5-4-6-8-15-18(19)20/h9-10,13-14,16-17H,2-8,11-12,15H2,1H3,(H,19,20). The minimum Gasteiger partial charge on any atom is -0.481 e. The molecule has 20 heavy (non-hydrogen) atoms. The fraction of sp³-hybridized carbons (Fsp3) is 0.722. The Morgan fingerprint density at radius 2 is 1.45 bits per heavy atom. The van der Waals surface area contributed by atoms with Gasteiger partial charge in [-0.25, -0.2) is 0 Å². The smallest absolute Gasteiger partial charge is 0.303 e. The monoisotopic (exact) mass is 278 g/mol. The third-order valence-corrected chi connectivity index (χ3v) is 4.20. The second kappa shape index (κ2) is 10.7. The summed E-state index contributed by atoms with van der Waals surface area (Å²) >= 11 is 0. The van der Waals surface area contributed by atoms with Crippen molar-refractivity contribution in [2.45, 2.75) is 71.1 Å². The zero-order chi connectivity index (χ0) is 14.6. The van der Waals surface area contributed by atoms with E-state index in [1.54, 1.807) is 0 Å². The van der Waals surface area contributed by atoms with Crippen molar-refractivity contribution in [1.29, 1.82) is 0 Å². The number of unbranched alkanes of at least 4 members (excludes halogenated alkanes) is 5. The van der Waals surface area contributed by atoms with E-state index in [0.717, 1.165) is 24.7 Å². The quantitative estimate of drug-likeness (QED) is 0.517. The van der Waals surface area contributed by atoms with Gasteiger partial charge in [-0.05, 0) is 31.1 Å². The Morgan fingerprint density at radius 1 is 0.900 bits per heavy atom. The van der Waals surface area contributed by atoms with Gasteiger partial charge in [-0.2, -0.15) is 0 Å². The number of hydrogen-bond donors (Lipinski definition) is 1. The average molecular weight is 278 g/mol. The van der Waals surface area contributed by atoms with Crippen LogP contribution in [0.3, 0.4) is 0 Å². The number of allylic oxidation sites excluding steroid dienone is 4. The maximum absolute atomic E-state index is 10.4. The van der Waals surface area contributed by atoms with E-state index in [0.29, 0.717) is 6.42 Å². The normalized spacial score (nSPS) is 21.2. The Morgan fingerprint density at radius 3 is 2.05 bits per heavy atom. The molecule has 0 aromatic carbocycles. The van der Waals surface area contributed by atoms with Crippen LogP contribution in [0.5, 0.6) is 0 Å². The first kappa shape index (κ1) is 17.0. The van der Waals surface area contributed by atoms with Gasteiger partial charge in [-0.15, -0.1) is 0 Å². The third kappa shape index (κ3) is 7.52. The van der Waals surface area contributed by atoms with Gasteiger partial charge < -0.3 is 5.11 Å². The van der Waals surface area contributed by atoms with Crippen LogP contribution < -0.4 is 0 Å². The van der Waals surface area contributed by atoms with Gasteiger partial charge in [-0.3, -0.25) is 4.79 Å². The first-order chi connectivity index (χ1) is 9.74. The lowest BCUT2D eigenvalue weighted by Gasteiger charge is -2.24. The SMILES string of the molecule is CCCCC1C=CC=CC1CCCCCCCC(=O)O. The molecular formula is C18H30O2. The molecule has 2 nitrogen and oxygen atoms in total. The van der Waals surface area contributed by atoms with E-state index in [1.165, 1.54) is 44.9 Å². The molecule has 114 valence electrons. The van der Waals surface area contributed by atoms with Crippen LogP contribution in [-0.4, -0.2) is 11.1 Å². The maximum Gasteiger partial charge on any atom is 0.303 e. The minimum absolute atomic E-state index is 0.329. The summed E-state index contributed by atoms with van der Waals surface area (Å²) in [6.45, 7) is 2.26. The molecule has 0 saturated carbocycles. The van der Waals surface area contributed by atoms with Crippen LogP contribution in [0, 0.1) is 11.8 Å². The second-order valence-electron chi connectivity index (χ2n) is 5.94. The van der Waals surface area contributed by atoms with E-state index < -0.39 is 5.97 Å². The fourth-order valence-electron chi connectivity index (χ4n) is 2.95. The minimum atomic E-state index is -0.664. The molecule has 2 atom stereocenters. The summed E-state index contributed by atoms with van der Waals surface area (Å²) in [4.78, 5) is 10.4. The van der Waals surface area contributed by atoms with E-state index in [9.17, 15) is 4.79 Å². The van der Waals surface area contributed by atoms with Crippen molar-refractivity contribution in [3.8, 4) is 0 Å². The number of hydrogen-bond acceptors (Lipinski definition) is 1. The van der Waals surface area contributed by atoms with Crippen molar-refractivity contribution in [2.75, 3.05) is 0 Å². The molecule has 2 heteroatoms. The van der Waals surface area contributed by atoms with Crippen LogP contribution in [0.4, 0.5) is 0 Å². The van der Waals surface area contributed by atoms with Crippen LogP contribution in [0.1, 0.15) is 71.1 Å². The zero-order valence-electron chi connectivity index (χ0n) is 12.9. The second-order valence-corrected chi connectivity index (χ2v) is 5.94. The molecule has 0 spiro atoms. The van der Waals surface area contributed by atoms with Crippen molar-refractivity contribution in [1.82, 2.24) is 0 Å². The van der Waals surface area contributed by atoms with Gasteiger partial charge in [-0.1, -0.05) is 69.8 Å². The molecule has 0 bridgehead atoms. The molecule has 0 aromatic heterocycles. The van der Waals surface area contributed by atoms with Crippen molar-refractivity contribution in [2.24, 2.45) is 11.8 Å². The van der Waals surface area contributed by atoms with Gasteiger partial charge in [0.15, 0.2) is 0 Å². The zero-order valence-corrected chi connectivity index (χ0v) is 12.9. The molecule has 0 heterocycles. The molecule has 0 aliphatic heterocycles. The lowest BCUT2D eigenvalue weighted by Crippen LogP contribution is -2.12. The third-order valence-electron chi connectivity index (χ3n) is 4.20. The highest BCUT2D eigenvalue weighted by molar-refractivity contribution is 5.66. The molecule has 1 aliphatic rings. The lowest BCUT2D eigenvalue weighted by atomic mass is 9.81. The molecule has 2 unspecified atom stereocenters. The van der Waals surface area contributed by atoms with Gasteiger partial charge in [0.1, 0.15) is 0 Å². The first-order valence-electron chi connectivity index (χ1n) is 8.30. The molecule has 1 aliphatic carbocycles. The van der Waals surface area contributed by atoms with Crippen molar-refractivity contribution < 1.29 is 9.90 Å². The molecule has 1 rings (SSSR count). The van der Waals surface area contributed by atoms with E-state index >= 15 is 0 Å². The summed E-state index contributed by atoms with van der Waals surface area (Å²) in [5.74, 6) is 0.806. The topological polar surface area (TPSA) is 37.3 Å². The number of rotatable bonds is 11. The molecule has 0 radical (unpaired) electrons. The lowest BCUT2D eigenvalue weighted by molar-refractivity contribution is -0.137. The highest BCUT2D eigenvalue weighted by Gasteiger charge is 2.17. The van der Waals surface area contributed by atoms with Crippen LogP contribution in [-0.2, 0) is 4.79 Å². The average Bonchev–Trinajstić information content (AvgIpc) is 2.44. The van der Waals surface area contributed by atoms with Gasteiger partial charge in [0.25, 0.3) is 0 Å². The summed E-state index contributed by atoms with van der Waals surface area (Å²) in [6, 6.07) is 0. The summed E-state index contributed by atoms with van der Waals surface area (Å²) < 4.78 is 0. The Hall–Kier alpha value is -1.05. The van der Waals surface area contributed by atoms with Crippen molar-refractivity contribution >= 4 is 5.97 Å². The molecule has 0 aromatic rings. The molecule has 0 saturated heterocycles. The maximum atomic E-state index is 10.4. The van der Waals surface area contributed by atoms with E-state index in [2.05, 4.69) is 31.2 Å². The largest absolute Gasteiger partial charge is 0.481 e. The van der Waals surface area contributed by atoms with E-state index in [4.69, 9.17) is 5.11 Å². The number of carbonyl (C=O) groups is 1. The predicted molar refractivity (Wildman–Crippen MR) is 84.7 cm³/mol. The van der Waals surface area contributed by atoms with Crippen molar-refractivity contribution in [3.05, 3.63) is 24.3 Å². The van der Waals surface area contributed by atoms with Gasteiger partial charge in [0.2, 0.25) is 0 Å². The van der Waals surface area contributed by atoms with Crippen LogP contribution in [0.15, 0.2) is 24.3 Å². The predicted octanol–water partition coefficient (Wildman–Crippen LogP) is 5.35. The number of aliphatic carboxylic acids is 1. The summed E-state index contributed by atoms with van der Waals surface area (Å²) in [5.41, 5.74) is 0. The van der Waals surface area contributed by atoms with Crippen LogP contribution >= 0.6 is 0 Å². The molecule has 0 amide bonds. The molecule has 0 fully saturated rings. The molecule has 1 N–H and O–H groups in total. The van der Waals surface area contributed by atoms with Crippen LogP contribution in [0.2, 0.25) is 0 Å². The first-order valence-corrected chi connectivity index (χ1v) is 8.30. The number of carboxylic acid groups (broad SMARTS) is 1. The van der Waals surface area contributed by atoms with Gasteiger partial charge >= 0.3 is 5.97 Å². The Bertz CT molecular complexity index is 317. The van der Waals surface area contributed by atoms with E-state index in [-0.39, 0.29) is 0 Å². The van der Waals surface area contributed by atoms with E-state index in [1.807, 2.05) is 0 Å².